The molecule has 0 spiro atoms. The number of aryl methyl sites for hydroxylation is 1. The second kappa shape index (κ2) is 4.88. The highest BCUT2D eigenvalue weighted by Crippen LogP contribution is 2.25. The van der Waals surface area contributed by atoms with Crippen LogP contribution in [0, 0.1) is 0 Å². The predicted octanol–water partition coefficient (Wildman–Crippen LogP) is 3.01. The lowest BCUT2D eigenvalue weighted by Crippen LogP contribution is -2.11. The van der Waals surface area contributed by atoms with Gasteiger partial charge in [0.15, 0.2) is 0 Å². The average Bonchev–Trinajstić information content (AvgIpc) is 2.86. The molecule has 0 aliphatic rings. The standard InChI is InChI=1S/C11H14N2S2/c1-2-8-3-4-10(15-8)9(12)7-11-13-5-6-14-11/h3-6,9H,2,7,12H2,1H3. The van der Waals surface area contributed by atoms with Gasteiger partial charge in [0.25, 0.3) is 0 Å². The van der Waals surface area contributed by atoms with Crippen LogP contribution in [0.1, 0.15) is 27.7 Å². The summed E-state index contributed by atoms with van der Waals surface area (Å²) in [6.45, 7) is 2.17. The van der Waals surface area contributed by atoms with Gasteiger partial charge in [0.05, 0.1) is 5.01 Å². The molecule has 0 aliphatic heterocycles. The van der Waals surface area contributed by atoms with Crippen LogP contribution in [0.25, 0.3) is 0 Å². The highest BCUT2D eigenvalue weighted by molar-refractivity contribution is 7.12. The molecule has 0 aromatic carbocycles. The Labute approximate surface area is 97.8 Å². The maximum atomic E-state index is 6.13. The Morgan fingerprint density at radius 1 is 1.47 bits per heavy atom. The molecular weight excluding hydrogens is 224 g/mol. The molecule has 4 heteroatoms. The van der Waals surface area contributed by atoms with Crippen LogP contribution in [-0.2, 0) is 12.8 Å². The second-order valence-electron chi connectivity index (χ2n) is 3.39. The summed E-state index contributed by atoms with van der Waals surface area (Å²) >= 11 is 3.49. The summed E-state index contributed by atoms with van der Waals surface area (Å²) in [5, 5.41) is 3.11. The van der Waals surface area contributed by atoms with E-state index in [1.165, 1.54) is 9.75 Å². The number of nitrogens with two attached hydrogens (primary N) is 1. The molecular formula is C11H14N2S2. The van der Waals surface area contributed by atoms with Gasteiger partial charge >= 0.3 is 0 Å². The third-order valence-corrected chi connectivity index (χ3v) is 4.44. The smallest absolute Gasteiger partial charge is 0.0944 e. The summed E-state index contributed by atoms with van der Waals surface area (Å²) in [6, 6.07) is 4.41. The van der Waals surface area contributed by atoms with E-state index in [2.05, 4.69) is 24.0 Å². The summed E-state index contributed by atoms with van der Waals surface area (Å²) in [7, 11) is 0. The van der Waals surface area contributed by atoms with E-state index in [-0.39, 0.29) is 6.04 Å². The van der Waals surface area contributed by atoms with Crippen LogP contribution in [0.3, 0.4) is 0 Å². The molecule has 0 radical (unpaired) electrons. The lowest BCUT2D eigenvalue weighted by Gasteiger charge is -2.06. The molecule has 2 N–H and O–H groups in total. The number of hydrogen-bond acceptors (Lipinski definition) is 4. The Hall–Kier alpha value is -0.710. The fourth-order valence-electron chi connectivity index (χ4n) is 1.43. The van der Waals surface area contributed by atoms with Gasteiger partial charge in [-0.2, -0.15) is 0 Å². The third kappa shape index (κ3) is 2.65. The van der Waals surface area contributed by atoms with Crippen LogP contribution in [0.15, 0.2) is 23.7 Å². The fourth-order valence-corrected chi connectivity index (χ4v) is 3.06. The maximum Gasteiger partial charge on any atom is 0.0944 e. The molecule has 2 heterocycles. The van der Waals surface area contributed by atoms with Gasteiger partial charge in [0, 0.05) is 33.8 Å². The van der Waals surface area contributed by atoms with E-state index in [9.17, 15) is 0 Å². The van der Waals surface area contributed by atoms with Crippen molar-refractivity contribution in [3.05, 3.63) is 38.5 Å². The molecule has 80 valence electrons. The van der Waals surface area contributed by atoms with Gasteiger partial charge in [-0.05, 0) is 18.6 Å². The van der Waals surface area contributed by atoms with E-state index < -0.39 is 0 Å². The number of nitrogens with zero attached hydrogens (tertiary/aromatic N) is 1. The van der Waals surface area contributed by atoms with Crippen LogP contribution in [0.2, 0.25) is 0 Å². The number of rotatable bonds is 4. The Kier molecular flexibility index (Phi) is 3.51. The molecule has 2 nitrogen and oxygen atoms in total. The number of aromatic nitrogens is 1. The molecule has 0 saturated carbocycles. The average molecular weight is 238 g/mol. The first-order valence-corrected chi connectivity index (χ1v) is 6.71. The van der Waals surface area contributed by atoms with Crippen molar-refractivity contribution in [3.63, 3.8) is 0 Å². The molecule has 2 aromatic heterocycles. The topological polar surface area (TPSA) is 38.9 Å². The van der Waals surface area contributed by atoms with Crippen LogP contribution < -0.4 is 5.73 Å². The van der Waals surface area contributed by atoms with E-state index in [1.54, 1.807) is 11.3 Å². The second-order valence-corrected chi connectivity index (χ2v) is 5.57. The van der Waals surface area contributed by atoms with Gasteiger partial charge in [-0.25, -0.2) is 4.98 Å². The quantitative estimate of drug-likeness (QED) is 0.889. The molecule has 0 bridgehead atoms. The van der Waals surface area contributed by atoms with Crippen LogP contribution in [0.5, 0.6) is 0 Å². The van der Waals surface area contributed by atoms with E-state index in [1.807, 2.05) is 22.9 Å². The highest BCUT2D eigenvalue weighted by Gasteiger charge is 2.10. The first kappa shape index (κ1) is 10.8. The third-order valence-electron chi connectivity index (χ3n) is 2.27. The Morgan fingerprint density at radius 2 is 2.33 bits per heavy atom. The van der Waals surface area contributed by atoms with Crippen molar-refractivity contribution in [2.45, 2.75) is 25.8 Å². The first-order chi connectivity index (χ1) is 7.29. The Morgan fingerprint density at radius 3 is 2.93 bits per heavy atom. The first-order valence-electron chi connectivity index (χ1n) is 5.02. The summed E-state index contributed by atoms with van der Waals surface area (Å²) in [6.07, 6.45) is 3.77. The van der Waals surface area contributed by atoms with Gasteiger partial charge in [-0.3, -0.25) is 0 Å². The summed E-state index contributed by atoms with van der Waals surface area (Å²) in [5.74, 6) is 0. The van der Waals surface area contributed by atoms with Crippen LogP contribution in [0.4, 0.5) is 0 Å². The van der Waals surface area contributed by atoms with E-state index in [4.69, 9.17) is 5.73 Å². The van der Waals surface area contributed by atoms with Gasteiger partial charge in [-0.1, -0.05) is 6.92 Å². The van der Waals surface area contributed by atoms with Gasteiger partial charge in [0.1, 0.15) is 0 Å². The molecule has 0 aliphatic carbocycles. The SMILES string of the molecule is CCc1ccc(C(N)Cc2nccs2)s1. The summed E-state index contributed by atoms with van der Waals surface area (Å²) in [5.41, 5.74) is 6.13. The normalized spacial score (nSPS) is 12.9. The number of thiophene rings is 1. The fraction of sp³-hybridized carbons (Fsp3) is 0.364. The Balaban J connectivity index is 2.04. The maximum absolute atomic E-state index is 6.13. The molecule has 2 aromatic rings. The molecule has 15 heavy (non-hydrogen) atoms. The highest BCUT2D eigenvalue weighted by atomic mass is 32.1. The van der Waals surface area contributed by atoms with Crippen molar-refractivity contribution in [2.75, 3.05) is 0 Å². The van der Waals surface area contributed by atoms with Gasteiger partial charge in [-0.15, -0.1) is 22.7 Å². The zero-order chi connectivity index (χ0) is 10.7. The van der Waals surface area contributed by atoms with E-state index >= 15 is 0 Å². The van der Waals surface area contributed by atoms with E-state index in [0.29, 0.717) is 0 Å². The molecule has 0 amide bonds. The van der Waals surface area contributed by atoms with Crippen molar-refractivity contribution < 1.29 is 0 Å². The molecule has 0 saturated heterocycles. The molecule has 1 unspecified atom stereocenters. The molecule has 2 rings (SSSR count). The number of hydrogen-bond donors (Lipinski definition) is 1. The van der Waals surface area contributed by atoms with Gasteiger partial charge in [0.2, 0.25) is 0 Å². The van der Waals surface area contributed by atoms with E-state index in [0.717, 1.165) is 17.8 Å². The van der Waals surface area contributed by atoms with Gasteiger partial charge < -0.3 is 5.73 Å². The van der Waals surface area contributed by atoms with Crippen LogP contribution in [-0.4, -0.2) is 4.98 Å². The van der Waals surface area contributed by atoms with Crippen LogP contribution >= 0.6 is 22.7 Å². The van der Waals surface area contributed by atoms with Crippen molar-refractivity contribution in [3.8, 4) is 0 Å². The van der Waals surface area contributed by atoms with Crippen molar-refractivity contribution in [1.82, 2.24) is 4.98 Å². The monoisotopic (exact) mass is 238 g/mol. The minimum absolute atomic E-state index is 0.0986. The predicted molar refractivity (Wildman–Crippen MR) is 66.4 cm³/mol. The lowest BCUT2D eigenvalue weighted by molar-refractivity contribution is 0.732. The zero-order valence-corrected chi connectivity index (χ0v) is 10.3. The number of thiazole rings is 1. The Bertz CT molecular complexity index is 406. The summed E-state index contributed by atoms with van der Waals surface area (Å²) < 4.78 is 0. The molecule has 1 atom stereocenters. The van der Waals surface area contributed by atoms with Crippen molar-refractivity contribution >= 4 is 22.7 Å². The minimum Gasteiger partial charge on any atom is -0.323 e. The van der Waals surface area contributed by atoms with Crippen molar-refractivity contribution in [1.29, 1.82) is 0 Å². The largest absolute Gasteiger partial charge is 0.323 e. The molecule has 0 fully saturated rings. The lowest BCUT2D eigenvalue weighted by atomic mass is 10.2. The zero-order valence-electron chi connectivity index (χ0n) is 8.64. The minimum atomic E-state index is 0.0986. The summed E-state index contributed by atoms with van der Waals surface area (Å²) in [4.78, 5) is 6.92. The van der Waals surface area contributed by atoms with Crippen molar-refractivity contribution in [2.24, 2.45) is 5.73 Å².